The predicted octanol–water partition coefficient (Wildman–Crippen LogP) is 1.27. The van der Waals surface area contributed by atoms with Gasteiger partial charge in [0.25, 0.3) is 0 Å². The summed E-state index contributed by atoms with van der Waals surface area (Å²) in [6, 6.07) is 4.56. The van der Waals surface area contributed by atoms with E-state index in [4.69, 9.17) is 5.11 Å². The Kier molecular flexibility index (Phi) is 6.62. The number of benzene rings is 1. The van der Waals surface area contributed by atoms with Gasteiger partial charge in [0.15, 0.2) is 11.5 Å². The van der Waals surface area contributed by atoms with E-state index in [1.54, 1.807) is 6.07 Å². The van der Waals surface area contributed by atoms with E-state index in [1.807, 2.05) is 6.92 Å². The van der Waals surface area contributed by atoms with Gasteiger partial charge in [-0.15, -0.1) is 0 Å². The number of aliphatic hydroxyl groups is 2. The number of hydrogen-bond donors (Lipinski definition) is 5. The maximum atomic E-state index is 9.96. The quantitative estimate of drug-likeness (QED) is 0.362. The average molecular weight is 269 g/mol. The van der Waals surface area contributed by atoms with Crippen LogP contribution in [0.1, 0.15) is 37.9 Å². The minimum absolute atomic E-state index is 0.193. The molecule has 19 heavy (non-hydrogen) atoms. The van der Waals surface area contributed by atoms with Crippen molar-refractivity contribution >= 4 is 0 Å². The molecule has 0 aliphatic heterocycles. The smallest absolute Gasteiger partial charge is 0.157 e. The molecule has 2 unspecified atom stereocenters. The Morgan fingerprint density at radius 1 is 1.16 bits per heavy atom. The lowest BCUT2D eigenvalue weighted by Gasteiger charge is -2.17. The predicted molar refractivity (Wildman–Crippen MR) is 73.1 cm³/mol. The van der Waals surface area contributed by atoms with E-state index in [2.05, 4.69) is 5.32 Å². The standard InChI is InChI=1S/C14H23NO4/c1-10(4-2-3-7-16)15-9-14(19)11-5-6-12(17)13(18)8-11/h5-6,8,10,14-19H,2-4,7,9H2,1H3. The molecule has 0 aliphatic carbocycles. The van der Waals surface area contributed by atoms with Crippen molar-refractivity contribution in [1.82, 2.24) is 5.32 Å². The zero-order valence-corrected chi connectivity index (χ0v) is 11.2. The van der Waals surface area contributed by atoms with Crippen LogP contribution in [0.5, 0.6) is 11.5 Å². The topological polar surface area (TPSA) is 93.0 Å². The molecule has 0 aliphatic rings. The first-order chi connectivity index (χ1) is 9.04. The number of unbranched alkanes of at least 4 members (excludes halogenated alkanes) is 1. The molecule has 0 aromatic heterocycles. The SMILES string of the molecule is CC(CCCCO)NCC(O)c1ccc(O)c(O)c1. The Morgan fingerprint density at radius 2 is 1.89 bits per heavy atom. The van der Waals surface area contributed by atoms with Crippen LogP contribution in [-0.4, -0.2) is 39.6 Å². The Hall–Kier alpha value is -1.30. The van der Waals surface area contributed by atoms with Gasteiger partial charge >= 0.3 is 0 Å². The largest absolute Gasteiger partial charge is 0.504 e. The van der Waals surface area contributed by atoms with Crippen LogP contribution in [-0.2, 0) is 0 Å². The van der Waals surface area contributed by atoms with Crippen LogP contribution in [0.3, 0.4) is 0 Å². The summed E-state index contributed by atoms with van der Waals surface area (Å²) in [5.41, 5.74) is 0.561. The molecule has 0 radical (unpaired) electrons. The number of aromatic hydroxyl groups is 2. The molecule has 0 amide bonds. The number of phenols is 2. The summed E-state index contributed by atoms with van der Waals surface area (Å²) in [5, 5.41) is 40.4. The van der Waals surface area contributed by atoms with E-state index in [9.17, 15) is 15.3 Å². The molecule has 1 rings (SSSR count). The molecule has 0 heterocycles. The maximum absolute atomic E-state index is 9.96. The highest BCUT2D eigenvalue weighted by molar-refractivity contribution is 5.41. The second kappa shape index (κ2) is 7.99. The summed E-state index contributed by atoms with van der Waals surface area (Å²) in [7, 11) is 0. The van der Waals surface area contributed by atoms with Crippen molar-refractivity contribution in [1.29, 1.82) is 0 Å². The maximum Gasteiger partial charge on any atom is 0.157 e. The second-order valence-electron chi connectivity index (χ2n) is 4.79. The zero-order valence-electron chi connectivity index (χ0n) is 11.2. The molecule has 2 atom stereocenters. The summed E-state index contributed by atoms with van der Waals surface area (Å²) in [5.74, 6) is -0.422. The highest BCUT2D eigenvalue weighted by Crippen LogP contribution is 2.27. The van der Waals surface area contributed by atoms with Crippen LogP contribution < -0.4 is 5.32 Å². The van der Waals surface area contributed by atoms with Crippen molar-refractivity contribution in [2.24, 2.45) is 0 Å². The first kappa shape index (κ1) is 15.8. The zero-order chi connectivity index (χ0) is 14.3. The molecule has 0 spiro atoms. The summed E-state index contributed by atoms with van der Waals surface area (Å²) < 4.78 is 0. The van der Waals surface area contributed by atoms with E-state index in [1.165, 1.54) is 12.1 Å². The van der Waals surface area contributed by atoms with Gasteiger partial charge in [0, 0.05) is 19.2 Å². The van der Waals surface area contributed by atoms with Crippen molar-refractivity contribution in [3.05, 3.63) is 23.8 Å². The van der Waals surface area contributed by atoms with Gasteiger partial charge in [-0.2, -0.15) is 0 Å². The van der Waals surface area contributed by atoms with Gasteiger partial charge in [-0.3, -0.25) is 0 Å². The van der Waals surface area contributed by atoms with Crippen LogP contribution in [0, 0.1) is 0 Å². The van der Waals surface area contributed by atoms with E-state index < -0.39 is 6.10 Å². The van der Waals surface area contributed by atoms with Crippen LogP contribution in [0.4, 0.5) is 0 Å². The minimum Gasteiger partial charge on any atom is -0.504 e. The Balaban J connectivity index is 2.37. The van der Waals surface area contributed by atoms with E-state index in [0.29, 0.717) is 12.1 Å². The summed E-state index contributed by atoms with van der Waals surface area (Å²) in [4.78, 5) is 0. The number of aliphatic hydroxyl groups excluding tert-OH is 2. The van der Waals surface area contributed by atoms with Crippen molar-refractivity contribution in [3.8, 4) is 11.5 Å². The lowest BCUT2D eigenvalue weighted by Crippen LogP contribution is -2.30. The van der Waals surface area contributed by atoms with Crippen LogP contribution >= 0.6 is 0 Å². The fourth-order valence-electron chi connectivity index (χ4n) is 1.84. The average Bonchev–Trinajstić information content (AvgIpc) is 2.39. The second-order valence-corrected chi connectivity index (χ2v) is 4.79. The number of rotatable bonds is 8. The number of phenolic OH excluding ortho intramolecular Hbond substituents is 2. The Labute approximate surface area is 113 Å². The van der Waals surface area contributed by atoms with Crippen molar-refractivity contribution in [3.63, 3.8) is 0 Å². The van der Waals surface area contributed by atoms with Crippen LogP contribution in [0.15, 0.2) is 18.2 Å². The van der Waals surface area contributed by atoms with Gasteiger partial charge in [0.05, 0.1) is 6.10 Å². The van der Waals surface area contributed by atoms with Crippen molar-refractivity contribution < 1.29 is 20.4 Å². The highest BCUT2D eigenvalue weighted by atomic mass is 16.3. The molecular formula is C14H23NO4. The molecular weight excluding hydrogens is 246 g/mol. The van der Waals surface area contributed by atoms with Gasteiger partial charge in [-0.1, -0.05) is 6.07 Å². The van der Waals surface area contributed by atoms with Crippen molar-refractivity contribution in [2.45, 2.75) is 38.3 Å². The molecule has 1 aromatic carbocycles. The molecule has 108 valence electrons. The molecule has 5 nitrogen and oxygen atoms in total. The first-order valence-electron chi connectivity index (χ1n) is 6.58. The highest BCUT2D eigenvalue weighted by Gasteiger charge is 2.11. The van der Waals surface area contributed by atoms with Gasteiger partial charge in [0.2, 0.25) is 0 Å². The third-order valence-electron chi connectivity index (χ3n) is 3.09. The van der Waals surface area contributed by atoms with Gasteiger partial charge in [-0.05, 0) is 43.9 Å². The fraction of sp³-hybridized carbons (Fsp3) is 0.571. The van der Waals surface area contributed by atoms with Crippen molar-refractivity contribution in [2.75, 3.05) is 13.2 Å². The lowest BCUT2D eigenvalue weighted by molar-refractivity contribution is 0.169. The fourth-order valence-corrected chi connectivity index (χ4v) is 1.84. The molecule has 5 N–H and O–H groups in total. The Morgan fingerprint density at radius 3 is 2.53 bits per heavy atom. The van der Waals surface area contributed by atoms with Gasteiger partial charge < -0.3 is 25.7 Å². The lowest BCUT2D eigenvalue weighted by atomic mass is 10.1. The summed E-state index contributed by atoms with van der Waals surface area (Å²) >= 11 is 0. The number of nitrogens with one attached hydrogen (secondary N) is 1. The van der Waals surface area contributed by atoms with E-state index in [-0.39, 0.29) is 24.1 Å². The third kappa shape index (κ3) is 5.46. The van der Waals surface area contributed by atoms with Gasteiger partial charge in [-0.25, -0.2) is 0 Å². The number of hydrogen-bond acceptors (Lipinski definition) is 5. The summed E-state index contributed by atoms with van der Waals surface area (Å²) in [6.07, 6.45) is 1.95. The van der Waals surface area contributed by atoms with E-state index >= 15 is 0 Å². The molecule has 5 heteroatoms. The Bertz CT molecular complexity index is 384. The molecule has 0 saturated heterocycles. The van der Waals surface area contributed by atoms with Crippen LogP contribution in [0.25, 0.3) is 0 Å². The molecule has 0 fully saturated rings. The molecule has 0 bridgehead atoms. The third-order valence-corrected chi connectivity index (χ3v) is 3.09. The monoisotopic (exact) mass is 269 g/mol. The molecule has 1 aromatic rings. The first-order valence-corrected chi connectivity index (χ1v) is 6.58. The molecule has 0 saturated carbocycles. The minimum atomic E-state index is -0.730. The summed E-state index contributed by atoms with van der Waals surface area (Å²) in [6.45, 7) is 2.62. The van der Waals surface area contributed by atoms with Gasteiger partial charge in [0.1, 0.15) is 0 Å². The van der Waals surface area contributed by atoms with Crippen LogP contribution in [0.2, 0.25) is 0 Å². The normalized spacial score (nSPS) is 14.3. The van der Waals surface area contributed by atoms with E-state index in [0.717, 1.165) is 19.3 Å².